The Morgan fingerprint density at radius 3 is 2.70 bits per heavy atom. The number of methoxy groups -OCH3 is 1. The summed E-state index contributed by atoms with van der Waals surface area (Å²) in [6, 6.07) is 2.98. The summed E-state index contributed by atoms with van der Waals surface area (Å²) in [7, 11) is 1.52. The van der Waals surface area contributed by atoms with Gasteiger partial charge in [0.25, 0.3) is 5.69 Å². The first-order chi connectivity index (χ1) is 9.36. The topological polar surface area (TPSA) is 92.9 Å². The number of ether oxygens (including phenoxy) is 1. The van der Waals surface area contributed by atoms with Gasteiger partial charge in [-0.15, -0.1) is 0 Å². The maximum Gasteiger partial charge on any atom is 0.323 e. The summed E-state index contributed by atoms with van der Waals surface area (Å²) in [4.78, 5) is 22.9. The molecule has 7 nitrogen and oxygen atoms in total. The van der Waals surface area contributed by atoms with Crippen molar-refractivity contribution in [2.45, 2.75) is 6.92 Å². The van der Waals surface area contributed by atoms with Gasteiger partial charge in [-0.2, -0.15) is 0 Å². The lowest BCUT2D eigenvalue weighted by Gasteiger charge is -2.24. The number of halogens is 1. The summed E-state index contributed by atoms with van der Waals surface area (Å²) in [6.45, 7) is 2.14. The summed E-state index contributed by atoms with van der Waals surface area (Å²) >= 11 is 3.25. The molecular weight excluding hydrogens is 332 g/mol. The molecule has 0 aliphatic carbocycles. The number of nitro benzene ring substituents is 1. The van der Waals surface area contributed by atoms with Crippen LogP contribution in [0.3, 0.4) is 0 Å². The molecule has 20 heavy (non-hydrogen) atoms. The Morgan fingerprint density at radius 2 is 2.20 bits per heavy atom. The molecule has 0 unspecified atom stereocenters. The fourth-order valence-electron chi connectivity index (χ4n) is 1.74. The van der Waals surface area contributed by atoms with Crippen LogP contribution in [0, 0.1) is 17.0 Å². The van der Waals surface area contributed by atoms with Crippen LogP contribution in [-0.4, -0.2) is 42.8 Å². The Bertz CT molecular complexity index is 521. The van der Waals surface area contributed by atoms with E-state index in [1.165, 1.54) is 13.2 Å². The number of carbonyl (C=O) groups is 1. The van der Waals surface area contributed by atoms with Gasteiger partial charge in [0, 0.05) is 29.8 Å². The van der Waals surface area contributed by atoms with Crippen molar-refractivity contribution < 1.29 is 19.6 Å². The van der Waals surface area contributed by atoms with E-state index in [0.717, 1.165) is 0 Å². The van der Waals surface area contributed by atoms with E-state index >= 15 is 0 Å². The van der Waals surface area contributed by atoms with Crippen LogP contribution in [0.1, 0.15) is 5.56 Å². The molecule has 0 fully saturated rings. The average Bonchev–Trinajstić information content (AvgIpc) is 2.36. The second-order valence-corrected chi connectivity index (χ2v) is 5.01. The monoisotopic (exact) mass is 346 g/mol. The van der Waals surface area contributed by atoms with Crippen LogP contribution >= 0.6 is 15.9 Å². The van der Waals surface area contributed by atoms with E-state index in [1.54, 1.807) is 17.9 Å². The van der Waals surface area contributed by atoms with Gasteiger partial charge >= 0.3 is 5.97 Å². The third-order valence-electron chi connectivity index (χ3n) is 2.69. The summed E-state index contributed by atoms with van der Waals surface area (Å²) in [5.74, 6) is -0.982. The van der Waals surface area contributed by atoms with Crippen molar-refractivity contribution in [2.24, 2.45) is 0 Å². The fourth-order valence-corrected chi connectivity index (χ4v) is 2.33. The molecule has 1 rings (SSSR count). The van der Waals surface area contributed by atoms with Crippen LogP contribution in [0.25, 0.3) is 0 Å². The first kappa shape index (κ1) is 16.4. The van der Waals surface area contributed by atoms with E-state index in [1.807, 2.05) is 0 Å². The van der Waals surface area contributed by atoms with E-state index in [2.05, 4.69) is 15.9 Å². The fraction of sp³-hybridized carbons (Fsp3) is 0.417. The van der Waals surface area contributed by atoms with E-state index in [4.69, 9.17) is 9.84 Å². The zero-order chi connectivity index (χ0) is 15.3. The molecule has 0 amide bonds. The number of benzene rings is 1. The van der Waals surface area contributed by atoms with Gasteiger partial charge in [0.2, 0.25) is 0 Å². The van der Waals surface area contributed by atoms with Gasteiger partial charge in [-0.25, -0.2) is 0 Å². The number of hydrogen-bond donors (Lipinski definition) is 1. The predicted molar refractivity (Wildman–Crippen MR) is 77.3 cm³/mol. The third kappa shape index (κ3) is 4.17. The molecule has 0 heterocycles. The first-order valence-corrected chi connectivity index (χ1v) is 6.56. The van der Waals surface area contributed by atoms with Crippen molar-refractivity contribution in [1.29, 1.82) is 0 Å². The lowest BCUT2D eigenvalue weighted by molar-refractivity contribution is -0.385. The molecule has 0 saturated heterocycles. The predicted octanol–water partition coefficient (Wildman–Crippen LogP) is 2.20. The zero-order valence-electron chi connectivity index (χ0n) is 11.1. The average molecular weight is 347 g/mol. The Labute approximate surface area is 124 Å². The third-order valence-corrected chi connectivity index (χ3v) is 3.33. The number of nitro groups is 1. The van der Waals surface area contributed by atoms with E-state index in [-0.39, 0.29) is 12.2 Å². The van der Waals surface area contributed by atoms with Gasteiger partial charge in [-0.05, 0) is 28.9 Å². The van der Waals surface area contributed by atoms with Gasteiger partial charge < -0.3 is 14.7 Å². The van der Waals surface area contributed by atoms with Crippen LogP contribution in [0.15, 0.2) is 16.6 Å². The SMILES string of the molecule is COCCN(CC(=O)O)c1cc(C)c([N+](=O)[O-])cc1Br. The number of anilines is 1. The molecule has 110 valence electrons. The summed E-state index contributed by atoms with van der Waals surface area (Å²) < 4.78 is 5.43. The van der Waals surface area contributed by atoms with Crippen LogP contribution in [0.4, 0.5) is 11.4 Å². The minimum Gasteiger partial charge on any atom is -0.480 e. The summed E-state index contributed by atoms with van der Waals surface area (Å²) in [5.41, 5.74) is 1.05. The Morgan fingerprint density at radius 1 is 1.55 bits per heavy atom. The highest BCUT2D eigenvalue weighted by Crippen LogP contribution is 2.33. The standard InChI is InChI=1S/C12H15BrN2O5/c1-8-5-11(9(13)6-10(8)15(18)19)14(3-4-20-2)7-12(16)17/h5-6H,3-4,7H2,1-2H3,(H,16,17). The zero-order valence-corrected chi connectivity index (χ0v) is 12.7. The second kappa shape index (κ2) is 7.20. The van der Waals surface area contributed by atoms with E-state index in [0.29, 0.717) is 28.9 Å². The molecule has 0 radical (unpaired) electrons. The molecule has 1 aromatic rings. The number of aliphatic carboxylic acids is 1. The Kier molecular flexibility index (Phi) is 5.90. The number of nitrogens with zero attached hydrogens (tertiary/aromatic N) is 2. The molecule has 1 aromatic carbocycles. The molecule has 0 bridgehead atoms. The van der Waals surface area contributed by atoms with Crippen molar-refractivity contribution in [3.05, 3.63) is 32.3 Å². The Balaban J connectivity index is 3.15. The minimum atomic E-state index is -0.982. The van der Waals surface area contributed by atoms with Crippen molar-refractivity contribution in [2.75, 3.05) is 31.7 Å². The van der Waals surface area contributed by atoms with Crippen LogP contribution in [-0.2, 0) is 9.53 Å². The normalized spacial score (nSPS) is 10.3. The van der Waals surface area contributed by atoms with Crippen molar-refractivity contribution in [3.8, 4) is 0 Å². The summed E-state index contributed by atoms with van der Waals surface area (Å²) in [5, 5.41) is 19.8. The largest absolute Gasteiger partial charge is 0.480 e. The number of carboxylic acid groups (broad SMARTS) is 1. The van der Waals surface area contributed by atoms with Crippen molar-refractivity contribution in [3.63, 3.8) is 0 Å². The van der Waals surface area contributed by atoms with Crippen LogP contribution in [0.5, 0.6) is 0 Å². The van der Waals surface area contributed by atoms with E-state index < -0.39 is 10.9 Å². The summed E-state index contributed by atoms with van der Waals surface area (Å²) in [6.07, 6.45) is 0. The number of carboxylic acids is 1. The highest BCUT2D eigenvalue weighted by atomic mass is 79.9. The second-order valence-electron chi connectivity index (χ2n) is 4.16. The minimum absolute atomic E-state index is 0.0114. The number of aryl methyl sites for hydroxylation is 1. The highest BCUT2D eigenvalue weighted by molar-refractivity contribution is 9.10. The van der Waals surface area contributed by atoms with Crippen LogP contribution in [0.2, 0.25) is 0 Å². The van der Waals surface area contributed by atoms with Gasteiger partial charge in [0.1, 0.15) is 6.54 Å². The maximum atomic E-state index is 10.9. The molecule has 0 aromatic heterocycles. The van der Waals surface area contributed by atoms with Gasteiger partial charge in [0.05, 0.1) is 17.2 Å². The first-order valence-electron chi connectivity index (χ1n) is 5.77. The molecule has 0 atom stereocenters. The van der Waals surface area contributed by atoms with Gasteiger partial charge in [-0.1, -0.05) is 0 Å². The Hall–Kier alpha value is -1.67. The molecule has 0 saturated carbocycles. The van der Waals surface area contributed by atoms with Gasteiger partial charge in [0.15, 0.2) is 0 Å². The number of rotatable bonds is 7. The molecule has 0 aliphatic heterocycles. The highest BCUT2D eigenvalue weighted by Gasteiger charge is 2.19. The maximum absolute atomic E-state index is 10.9. The van der Waals surface area contributed by atoms with Gasteiger partial charge in [-0.3, -0.25) is 14.9 Å². The lowest BCUT2D eigenvalue weighted by atomic mass is 10.1. The van der Waals surface area contributed by atoms with E-state index in [9.17, 15) is 14.9 Å². The molecule has 0 spiro atoms. The van der Waals surface area contributed by atoms with Crippen molar-refractivity contribution >= 4 is 33.3 Å². The number of hydrogen-bond acceptors (Lipinski definition) is 5. The van der Waals surface area contributed by atoms with Crippen molar-refractivity contribution in [1.82, 2.24) is 0 Å². The molecule has 0 aliphatic rings. The molecule has 1 N–H and O–H groups in total. The molecular formula is C12H15BrN2O5. The smallest absolute Gasteiger partial charge is 0.323 e. The van der Waals surface area contributed by atoms with Crippen LogP contribution < -0.4 is 4.90 Å². The molecule has 8 heteroatoms. The quantitative estimate of drug-likeness (QED) is 0.600. The lowest BCUT2D eigenvalue weighted by Crippen LogP contribution is -2.33.